The zero-order chi connectivity index (χ0) is 31.8. The molecule has 44 heavy (non-hydrogen) atoms. The van der Waals surface area contributed by atoms with E-state index in [2.05, 4.69) is 6.92 Å². The van der Waals surface area contributed by atoms with Crippen LogP contribution in [0.15, 0.2) is 42.5 Å². The molecule has 1 unspecified atom stereocenters. The average Bonchev–Trinajstić information content (AvgIpc) is 3.02. The van der Waals surface area contributed by atoms with E-state index in [0.29, 0.717) is 17.7 Å². The van der Waals surface area contributed by atoms with Gasteiger partial charge in [-0.3, -0.25) is 4.79 Å². The second-order valence-electron chi connectivity index (χ2n) is 11.9. The fraction of sp³-hybridized carbons (Fsp3) is 0.649. The Kier molecular flexibility index (Phi) is 20.4. The van der Waals surface area contributed by atoms with Crippen molar-refractivity contribution in [2.45, 2.75) is 135 Å². The van der Waals surface area contributed by atoms with Crippen molar-refractivity contribution in [3.8, 4) is 16.9 Å². The molecule has 0 saturated heterocycles. The first-order valence-corrected chi connectivity index (χ1v) is 17.1. The van der Waals surface area contributed by atoms with Crippen molar-refractivity contribution in [1.82, 2.24) is 0 Å². The fourth-order valence-electron chi connectivity index (χ4n) is 5.50. The molecule has 0 fully saturated rings. The van der Waals surface area contributed by atoms with Gasteiger partial charge in [-0.15, -0.1) is 0 Å². The Labute approximate surface area is 264 Å². The molecule has 0 bridgehead atoms. The Morgan fingerprint density at radius 2 is 1.20 bits per heavy atom. The number of carbonyl (C=O) groups excluding carboxylic acids is 1. The maximum atomic E-state index is 14.3. The van der Waals surface area contributed by atoms with Gasteiger partial charge in [-0.05, 0) is 55.9 Å². The van der Waals surface area contributed by atoms with Gasteiger partial charge < -0.3 is 19.7 Å². The number of ether oxygens (including phenoxy) is 2. The lowest BCUT2D eigenvalue weighted by Gasteiger charge is -2.23. The Hall–Kier alpha value is -2.51. The molecule has 0 heterocycles. The van der Waals surface area contributed by atoms with E-state index in [1.54, 1.807) is 24.3 Å². The summed E-state index contributed by atoms with van der Waals surface area (Å²) in [6.45, 7) is 2.59. The Morgan fingerprint density at radius 1 is 0.682 bits per heavy atom. The molecular formula is C37H56F2O5. The molecule has 0 spiro atoms. The molecule has 0 radical (unpaired) electrons. The van der Waals surface area contributed by atoms with Crippen LogP contribution in [0.5, 0.6) is 5.75 Å². The van der Waals surface area contributed by atoms with E-state index in [1.165, 1.54) is 44.2 Å². The van der Waals surface area contributed by atoms with Crippen LogP contribution in [0.25, 0.3) is 11.1 Å². The molecule has 2 aromatic carbocycles. The summed E-state index contributed by atoms with van der Waals surface area (Å²) in [5.74, 6) is -1.73. The number of hydrogen-bond acceptors (Lipinski definition) is 5. The number of rotatable bonds is 26. The van der Waals surface area contributed by atoms with E-state index in [1.807, 2.05) is 0 Å². The van der Waals surface area contributed by atoms with Gasteiger partial charge in [0.05, 0.1) is 5.92 Å². The highest BCUT2D eigenvalue weighted by atomic mass is 19.2. The summed E-state index contributed by atoms with van der Waals surface area (Å²) in [5, 5.41) is 18.2. The van der Waals surface area contributed by atoms with Gasteiger partial charge in [-0.1, -0.05) is 115 Å². The highest BCUT2D eigenvalue weighted by Crippen LogP contribution is 2.28. The summed E-state index contributed by atoms with van der Waals surface area (Å²) in [7, 11) is 0. The molecule has 2 N–H and O–H groups in total. The van der Waals surface area contributed by atoms with Crippen molar-refractivity contribution in [3.63, 3.8) is 0 Å². The van der Waals surface area contributed by atoms with Crippen LogP contribution in [0.4, 0.5) is 8.78 Å². The number of benzene rings is 2. The van der Waals surface area contributed by atoms with Crippen LogP contribution >= 0.6 is 0 Å². The lowest BCUT2D eigenvalue weighted by Crippen LogP contribution is -2.28. The normalized spacial score (nSPS) is 12.0. The first-order valence-electron chi connectivity index (χ1n) is 17.1. The van der Waals surface area contributed by atoms with Crippen LogP contribution in [-0.4, -0.2) is 35.7 Å². The monoisotopic (exact) mass is 618 g/mol. The molecule has 0 aliphatic carbocycles. The van der Waals surface area contributed by atoms with E-state index in [9.17, 15) is 13.6 Å². The number of unbranched alkanes of at least 4 members (excludes halogenated alkanes) is 13. The lowest BCUT2D eigenvalue weighted by molar-refractivity contribution is -0.170. The molecule has 0 amide bonds. The van der Waals surface area contributed by atoms with Crippen LogP contribution in [0.3, 0.4) is 0 Å². The second-order valence-corrected chi connectivity index (χ2v) is 11.9. The number of halogens is 2. The van der Waals surface area contributed by atoms with Crippen LogP contribution in [0.1, 0.15) is 129 Å². The first kappa shape index (κ1) is 37.7. The molecule has 2 rings (SSSR count). The minimum atomic E-state index is -0.892. The molecule has 0 aromatic heterocycles. The average molecular weight is 619 g/mol. The standard InChI is InChI=1S/C37H56F2O5/c1-2-3-4-5-6-7-8-15-23-35(43-32-26-24-30(25-27-32)33-21-18-22-34(38)36(33)39)44-37(42)31(19-13-9-11-16-28-40)20-14-10-12-17-29-41/h18,21-22,24-27,31,35,40-41H,2-17,19-20,23,28-29H2,1H3. The highest BCUT2D eigenvalue weighted by Gasteiger charge is 2.24. The lowest BCUT2D eigenvalue weighted by atomic mass is 9.94. The quantitative estimate of drug-likeness (QED) is 0.0623. The third kappa shape index (κ3) is 15.5. The number of hydrogen-bond donors (Lipinski definition) is 2. The zero-order valence-corrected chi connectivity index (χ0v) is 26.9. The predicted molar refractivity (Wildman–Crippen MR) is 173 cm³/mol. The van der Waals surface area contributed by atoms with E-state index in [4.69, 9.17) is 19.7 Å². The molecule has 1 atom stereocenters. The van der Waals surface area contributed by atoms with Gasteiger partial charge >= 0.3 is 5.97 Å². The number of carbonyl (C=O) groups is 1. The van der Waals surface area contributed by atoms with Gasteiger partial charge in [0.15, 0.2) is 11.6 Å². The smallest absolute Gasteiger partial charge is 0.312 e. The number of esters is 1. The van der Waals surface area contributed by atoms with Gasteiger partial charge in [0.2, 0.25) is 6.29 Å². The third-order valence-electron chi connectivity index (χ3n) is 8.18. The second kappa shape index (κ2) is 23.8. The van der Waals surface area contributed by atoms with Gasteiger partial charge in [0.1, 0.15) is 5.75 Å². The summed E-state index contributed by atoms with van der Waals surface area (Å²) in [6, 6.07) is 10.9. The van der Waals surface area contributed by atoms with Gasteiger partial charge in [-0.2, -0.15) is 0 Å². The van der Waals surface area contributed by atoms with Crippen LogP contribution in [-0.2, 0) is 9.53 Å². The van der Waals surface area contributed by atoms with Crippen molar-refractivity contribution in [3.05, 3.63) is 54.1 Å². The van der Waals surface area contributed by atoms with E-state index in [-0.39, 0.29) is 30.7 Å². The highest BCUT2D eigenvalue weighted by molar-refractivity contribution is 5.72. The molecule has 5 nitrogen and oxygen atoms in total. The Balaban J connectivity index is 2.05. The molecule has 248 valence electrons. The van der Waals surface area contributed by atoms with Crippen LogP contribution in [0, 0.1) is 17.6 Å². The van der Waals surface area contributed by atoms with Crippen molar-refractivity contribution in [1.29, 1.82) is 0 Å². The number of aliphatic hydroxyl groups excluding tert-OH is 2. The Bertz CT molecular complexity index is 999. The minimum absolute atomic E-state index is 0.180. The van der Waals surface area contributed by atoms with Crippen LogP contribution < -0.4 is 4.74 Å². The Morgan fingerprint density at radius 3 is 1.77 bits per heavy atom. The molecule has 0 saturated carbocycles. The first-order chi connectivity index (χ1) is 21.5. The number of aliphatic hydroxyl groups is 2. The minimum Gasteiger partial charge on any atom is -0.455 e. The molecule has 0 aliphatic rings. The molecule has 2 aromatic rings. The van der Waals surface area contributed by atoms with Crippen molar-refractivity contribution in [2.24, 2.45) is 5.92 Å². The summed E-state index contributed by atoms with van der Waals surface area (Å²) in [6.07, 6.45) is 17.8. The van der Waals surface area contributed by atoms with E-state index >= 15 is 0 Å². The maximum Gasteiger partial charge on any atom is 0.312 e. The van der Waals surface area contributed by atoms with Crippen molar-refractivity contribution >= 4 is 5.97 Å². The largest absolute Gasteiger partial charge is 0.455 e. The summed E-state index contributed by atoms with van der Waals surface area (Å²) in [5.41, 5.74) is 0.715. The van der Waals surface area contributed by atoms with Gasteiger partial charge in [0.25, 0.3) is 0 Å². The summed E-state index contributed by atoms with van der Waals surface area (Å²) < 4.78 is 40.3. The maximum absolute atomic E-state index is 14.3. The molecule has 0 aliphatic heterocycles. The fourth-order valence-corrected chi connectivity index (χ4v) is 5.50. The summed E-state index contributed by atoms with van der Waals surface area (Å²) in [4.78, 5) is 13.5. The predicted octanol–water partition coefficient (Wildman–Crippen LogP) is 9.91. The molecule has 7 heteroatoms. The topological polar surface area (TPSA) is 76.0 Å². The van der Waals surface area contributed by atoms with Crippen molar-refractivity contribution in [2.75, 3.05) is 13.2 Å². The SMILES string of the molecule is CCCCCCCCCCC(OC(=O)C(CCCCCCO)CCCCCCO)Oc1ccc(-c2cccc(F)c2F)cc1. The zero-order valence-electron chi connectivity index (χ0n) is 26.9. The van der Waals surface area contributed by atoms with Crippen LogP contribution in [0.2, 0.25) is 0 Å². The van der Waals surface area contributed by atoms with Gasteiger partial charge in [0, 0.05) is 25.2 Å². The van der Waals surface area contributed by atoms with E-state index < -0.39 is 17.9 Å². The van der Waals surface area contributed by atoms with Crippen molar-refractivity contribution < 1.29 is 33.3 Å². The van der Waals surface area contributed by atoms with Gasteiger partial charge in [-0.25, -0.2) is 8.78 Å². The van der Waals surface area contributed by atoms with E-state index in [0.717, 1.165) is 89.5 Å². The third-order valence-corrected chi connectivity index (χ3v) is 8.18. The molecular weight excluding hydrogens is 562 g/mol. The summed E-state index contributed by atoms with van der Waals surface area (Å²) >= 11 is 0.